The van der Waals surface area contributed by atoms with Crippen LogP contribution in [-0.2, 0) is 20.4 Å². The van der Waals surface area contributed by atoms with E-state index in [2.05, 4.69) is 40.5 Å². The number of aromatic carboxylic acids is 6. The van der Waals surface area contributed by atoms with Crippen molar-refractivity contribution in [2.24, 2.45) is 0 Å². The van der Waals surface area contributed by atoms with Gasteiger partial charge in [0.1, 0.15) is 11.6 Å². The number of aliphatic hydroxyl groups excluding tert-OH is 2. The van der Waals surface area contributed by atoms with E-state index in [4.69, 9.17) is 30.6 Å². The van der Waals surface area contributed by atoms with E-state index in [0.717, 1.165) is 62.3 Å². The van der Waals surface area contributed by atoms with Gasteiger partial charge in [0.25, 0.3) is 0 Å². The molecular formula is C38H34N8O14Pd. The molecule has 0 amide bonds. The Balaban J connectivity index is 0.000000762. The molecule has 0 unspecified atom stereocenters. The topological polar surface area (TPSA) is 371 Å². The molecular weight excluding hydrogens is 899 g/mol. The van der Waals surface area contributed by atoms with Crippen LogP contribution >= 0.6 is 0 Å². The zero-order chi connectivity index (χ0) is 45.0. The summed E-state index contributed by atoms with van der Waals surface area (Å²) in [5, 5.41) is 75.2. The fourth-order valence-electron chi connectivity index (χ4n) is 3.81. The van der Waals surface area contributed by atoms with E-state index in [1.807, 2.05) is 36.4 Å². The molecule has 0 spiro atoms. The van der Waals surface area contributed by atoms with E-state index >= 15 is 0 Å². The Bertz CT molecular complexity index is 1900. The van der Waals surface area contributed by atoms with Crippen molar-refractivity contribution in [2.75, 3.05) is 24.9 Å². The molecule has 4 heterocycles. The number of benzene rings is 2. The first kappa shape index (κ1) is 52.9. The van der Waals surface area contributed by atoms with E-state index in [-0.39, 0.29) is 20.4 Å². The molecule has 6 rings (SSSR count). The number of hydrogen-bond donors (Lipinski definition) is 8. The summed E-state index contributed by atoms with van der Waals surface area (Å²) >= 11 is 0. The molecule has 22 nitrogen and oxygen atoms in total. The molecule has 61 heavy (non-hydrogen) atoms. The minimum Gasteiger partial charge on any atom is -0.545 e. The van der Waals surface area contributed by atoms with Crippen LogP contribution < -0.4 is 20.8 Å². The number of carboxylic acids is 6. The molecule has 0 saturated carbocycles. The Morgan fingerprint density at radius 3 is 0.869 bits per heavy atom. The first-order valence-corrected chi connectivity index (χ1v) is 16.2. The van der Waals surface area contributed by atoms with E-state index in [1.165, 1.54) is 0 Å². The molecule has 2 aromatic carbocycles. The number of hydrogen-bond acceptors (Lipinski definition) is 18. The average molecular weight is 933 g/mol. The van der Waals surface area contributed by atoms with Crippen LogP contribution in [0.15, 0.2) is 122 Å². The van der Waals surface area contributed by atoms with E-state index in [9.17, 15) is 39.0 Å². The summed E-state index contributed by atoms with van der Waals surface area (Å²) in [6.45, 7) is 0. The van der Waals surface area contributed by atoms with Crippen LogP contribution in [0, 0.1) is 0 Å². The van der Waals surface area contributed by atoms with Crippen LogP contribution in [0.4, 0.5) is 23.5 Å². The first-order valence-electron chi connectivity index (χ1n) is 16.2. The van der Waals surface area contributed by atoms with Crippen LogP contribution in [0.1, 0.15) is 62.1 Å². The largest absolute Gasteiger partial charge is 2.00 e. The monoisotopic (exact) mass is 932 g/mol. The van der Waals surface area contributed by atoms with Crippen molar-refractivity contribution in [1.82, 2.24) is 29.9 Å². The summed E-state index contributed by atoms with van der Waals surface area (Å²) in [5.41, 5.74) is -2.59. The van der Waals surface area contributed by atoms with E-state index < -0.39 is 69.2 Å². The fourth-order valence-corrected chi connectivity index (χ4v) is 3.81. The minimum atomic E-state index is -1.62. The summed E-state index contributed by atoms with van der Waals surface area (Å²) in [6, 6.07) is 19.9. The molecule has 6 aromatic rings. The number of aliphatic hydroxyl groups is 2. The second-order valence-electron chi connectivity index (χ2n) is 10.2. The van der Waals surface area contributed by atoms with Crippen LogP contribution in [0.5, 0.6) is 0 Å². The van der Waals surface area contributed by atoms with Gasteiger partial charge in [0.15, 0.2) is 0 Å². The first-order chi connectivity index (χ1) is 28.7. The standard InChI is InChI=1S/2C9H8N4.2C9H6O6.2CH4O.Pd/c2*1-2-5-10-8(4-1)13-9-11-6-3-7-12-9;2*10-7(11)4-1-5(8(12)13)3-6(2-4)9(14)15;2*1-2;/h2*1-7H,(H,10,11,12,13);2*1-3H,(H,10,11)(H,12,13)(H,14,15);2*2H,1H3;/q;;;;;;+2/p-2. The van der Waals surface area contributed by atoms with Gasteiger partial charge in [-0.25, -0.2) is 49.1 Å². The van der Waals surface area contributed by atoms with Gasteiger partial charge in [-0.15, -0.1) is 0 Å². The Morgan fingerprint density at radius 2 is 0.656 bits per heavy atom. The normalized spacial score (nSPS) is 8.98. The number of rotatable bonds is 10. The van der Waals surface area contributed by atoms with Crippen molar-refractivity contribution in [3.05, 3.63) is 155 Å². The second kappa shape index (κ2) is 29.2. The number of carbonyl (C=O) groups excluding carboxylic acids is 2. The molecule has 0 bridgehead atoms. The van der Waals surface area contributed by atoms with Crippen molar-refractivity contribution < 1.29 is 90.0 Å². The Morgan fingerprint density at radius 1 is 0.410 bits per heavy atom. The van der Waals surface area contributed by atoms with Crippen LogP contribution in [0.3, 0.4) is 0 Å². The van der Waals surface area contributed by atoms with Crippen molar-refractivity contribution >= 4 is 59.3 Å². The zero-order valence-corrected chi connectivity index (χ0v) is 33.1. The molecule has 4 aromatic heterocycles. The Hall–Kier alpha value is -8.10. The zero-order valence-electron chi connectivity index (χ0n) is 31.5. The smallest absolute Gasteiger partial charge is 0.545 e. The maximum Gasteiger partial charge on any atom is 2.00 e. The molecule has 0 atom stereocenters. The van der Waals surface area contributed by atoms with Gasteiger partial charge in [-0.3, -0.25) is 0 Å². The molecule has 0 aliphatic rings. The predicted octanol–water partition coefficient (Wildman–Crippen LogP) is 1.34. The SMILES string of the molecule is CO.CO.O=C([O-])c1cc(C(=O)O)cc(C(=O)O)c1.O=C([O-])c1cc(C(=O)O)cc(C(=O)O)c1.[Pd+2].c1ccc(Nc2ncccn2)nc1.c1ccc(Nc2ncccn2)nc1. The molecule has 0 aliphatic carbocycles. The fraction of sp³-hybridized carbons (Fsp3) is 0.0526. The summed E-state index contributed by atoms with van der Waals surface area (Å²) < 4.78 is 0. The third-order valence-corrected chi connectivity index (χ3v) is 6.27. The maximum absolute atomic E-state index is 10.5. The number of aromatic nitrogens is 6. The number of anilines is 4. The van der Waals surface area contributed by atoms with E-state index in [0.29, 0.717) is 11.9 Å². The van der Waals surface area contributed by atoms with Crippen molar-refractivity contribution in [2.45, 2.75) is 0 Å². The molecule has 0 saturated heterocycles. The van der Waals surface area contributed by atoms with Gasteiger partial charge in [0.2, 0.25) is 11.9 Å². The molecule has 0 radical (unpaired) electrons. The maximum atomic E-state index is 10.5. The number of pyridine rings is 2. The summed E-state index contributed by atoms with van der Waals surface area (Å²) in [4.78, 5) is 87.3. The van der Waals surface area contributed by atoms with Gasteiger partial charge in [-0.05, 0) is 83.9 Å². The van der Waals surface area contributed by atoms with Gasteiger partial charge in [-0.2, -0.15) is 0 Å². The number of nitrogens with one attached hydrogen (secondary N) is 2. The van der Waals surface area contributed by atoms with Gasteiger partial charge >= 0.3 is 44.3 Å². The number of carbonyl (C=O) groups is 6. The van der Waals surface area contributed by atoms with Crippen LogP contribution in [0.25, 0.3) is 0 Å². The molecule has 320 valence electrons. The van der Waals surface area contributed by atoms with Gasteiger partial charge in [0.05, 0.1) is 34.2 Å². The van der Waals surface area contributed by atoms with Crippen LogP contribution in [-0.4, -0.2) is 111 Å². The molecule has 0 aliphatic heterocycles. The Labute approximate surface area is 358 Å². The molecule has 8 N–H and O–H groups in total. The molecule has 0 fully saturated rings. The van der Waals surface area contributed by atoms with Crippen molar-refractivity contribution in [3.63, 3.8) is 0 Å². The van der Waals surface area contributed by atoms with E-state index in [1.54, 1.807) is 49.3 Å². The minimum absolute atomic E-state index is 0. The van der Waals surface area contributed by atoms with Gasteiger partial charge < -0.3 is 61.1 Å². The summed E-state index contributed by atoms with van der Waals surface area (Å²) in [6.07, 6.45) is 10.1. The van der Waals surface area contributed by atoms with Crippen LogP contribution in [0.2, 0.25) is 0 Å². The summed E-state index contributed by atoms with van der Waals surface area (Å²) in [7, 11) is 2.00. The van der Waals surface area contributed by atoms with Gasteiger partial charge in [-0.1, -0.05) is 12.1 Å². The second-order valence-corrected chi connectivity index (χ2v) is 10.2. The molecule has 23 heteroatoms. The quantitative estimate of drug-likeness (QED) is 0.0898. The predicted molar refractivity (Wildman–Crippen MR) is 205 cm³/mol. The summed E-state index contributed by atoms with van der Waals surface area (Å²) in [5.74, 6) is -6.26. The third kappa shape index (κ3) is 20.2. The van der Waals surface area contributed by atoms with Crippen molar-refractivity contribution in [3.8, 4) is 0 Å². The average Bonchev–Trinajstić information content (AvgIpc) is 3.27. The van der Waals surface area contributed by atoms with Gasteiger partial charge in [0, 0.05) is 51.4 Å². The third-order valence-electron chi connectivity index (χ3n) is 6.27. The number of nitrogens with zero attached hydrogens (tertiary/aromatic N) is 6. The Kier molecular flexibility index (Phi) is 25.3. The van der Waals surface area contributed by atoms with Crippen molar-refractivity contribution in [1.29, 1.82) is 0 Å². The number of carboxylic acid groups (broad SMARTS) is 6.